The van der Waals surface area contributed by atoms with Gasteiger partial charge >= 0.3 is 5.97 Å². The van der Waals surface area contributed by atoms with Gasteiger partial charge in [-0.1, -0.05) is 31.2 Å². The summed E-state index contributed by atoms with van der Waals surface area (Å²) in [6.45, 7) is 5.38. The van der Waals surface area contributed by atoms with E-state index < -0.39 is 5.82 Å². The van der Waals surface area contributed by atoms with Crippen molar-refractivity contribution in [3.8, 4) is 5.75 Å². The smallest absolute Gasteiger partial charge is 0.311 e. The number of H-pyrrole nitrogens is 1. The number of benzene rings is 2. The third kappa shape index (κ3) is 4.25. The second-order valence-electron chi connectivity index (χ2n) is 7.52. The molecule has 2 aromatic heterocycles. The van der Waals surface area contributed by atoms with Crippen LogP contribution in [-0.2, 0) is 11.3 Å². The number of hydrogen-bond acceptors (Lipinski definition) is 4. The maximum absolute atomic E-state index is 14.8. The van der Waals surface area contributed by atoms with Crippen LogP contribution in [0.1, 0.15) is 40.8 Å². The average molecular weight is 434 g/mol. The number of carbonyl (C=O) groups excluding carboxylic acids is 2. The van der Waals surface area contributed by atoms with Crippen molar-refractivity contribution in [1.82, 2.24) is 14.8 Å². The Hall–Kier alpha value is -3.94. The molecular weight excluding hydrogens is 411 g/mol. The average Bonchev–Trinajstić information content (AvgIpc) is 3.32. The quantitative estimate of drug-likeness (QED) is 0.429. The number of aromatic nitrogens is 3. The van der Waals surface area contributed by atoms with Gasteiger partial charge < -0.3 is 15.0 Å². The van der Waals surface area contributed by atoms with E-state index in [2.05, 4.69) is 15.4 Å². The number of esters is 1. The Labute approximate surface area is 184 Å². The molecule has 7 nitrogen and oxygen atoms in total. The van der Waals surface area contributed by atoms with E-state index in [1.54, 1.807) is 43.7 Å². The molecule has 0 unspecified atom stereocenters. The van der Waals surface area contributed by atoms with E-state index in [4.69, 9.17) is 4.74 Å². The van der Waals surface area contributed by atoms with Crippen LogP contribution in [0.4, 0.5) is 10.1 Å². The molecule has 2 aromatic carbocycles. The minimum absolute atomic E-state index is 0.165. The number of amides is 1. The number of carbonyl (C=O) groups is 2. The van der Waals surface area contributed by atoms with Crippen molar-refractivity contribution >= 4 is 28.5 Å². The summed E-state index contributed by atoms with van der Waals surface area (Å²) in [5.41, 5.74) is 3.20. The molecule has 0 aliphatic rings. The van der Waals surface area contributed by atoms with Crippen LogP contribution in [0.2, 0.25) is 0 Å². The minimum Gasteiger partial charge on any atom is -0.423 e. The first-order chi connectivity index (χ1) is 15.4. The largest absolute Gasteiger partial charge is 0.423 e. The molecule has 4 rings (SSSR count). The van der Waals surface area contributed by atoms with Crippen molar-refractivity contribution in [2.75, 3.05) is 5.32 Å². The highest BCUT2D eigenvalue weighted by Gasteiger charge is 2.17. The van der Waals surface area contributed by atoms with Crippen LogP contribution in [0.15, 0.2) is 48.5 Å². The molecule has 1 amide bonds. The normalized spacial score (nSPS) is 11.0. The molecule has 0 aliphatic heterocycles. The number of aryl methyl sites for hydroxylation is 1. The molecule has 0 aliphatic carbocycles. The molecule has 0 saturated heterocycles. The molecule has 164 valence electrons. The molecule has 8 heteroatoms. The van der Waals surface area contributed by atoms with Crippen LogP contribution in [0.5, 0.6) is 5.75 Å². The third-order valence-electron chi connectivity index (χ3n) is 5.23. The lowest BCUT2D eigenvalue weighted by Crippen LogP contribution is -2.13. The Bertz CT molecular complexity index is 1290. The number of nitrogens with zero attached hydrogens (tertiary/aromatic N) is 2. The Kier molecular flexibility index (Phi) is 5.77. The summed E-state index contributed by atoms with van der Waals surface area (Å²) in [5.74, 6) is -0.773. The van der Waals surface area contributed by atoms with Crippen LogP contribution >= 0.6 is 0 Å². The number of halogens is 1. The van der Waals surface area contributed by atoms with Gasteiger partial charge in [0.2, 0.25) is 0 Å². The van der Waals surface area contributed by atoms with E-state index in [0.717, 1.165) is 10.9 Å². The van der Waals surface area contributed by atoms with Gasteiger partial charge in [-0.05, 0) is 38.1 Å². The van der Waals surface area contributed by atoms with Gasteiger partial charge in [0.1, 0.15) is 17.2 Å². The molecule has 0 fully saturated rings. The van der Waals surface area contributed by atoms with Gasteiger partial charge in [-0.15, -0.1) is 0 Å². The second kappa shape index (κ2) is 8.66. The molecule has 0 atom stereocenters. The first kappa shape index (κ1) is 21.3. The molecule has 0 spiro atoms. The zero-order chi connectivity index (χ0) is 22.8. The van der Waals surface area contributed by atoms with Gasteiger partial charge in [0.15, 0.2) is 5.75 Å². The fourth-order valence-electron chi connectivity index (χ4n) is 3.48. The van der Waals surface area contributed by atoms with Crippen LogP contribution in [0.3, 0.4) is 0 Å². The van der Waals surface area contributed by atoms with Crippen molar-refractivity contribution in [3.63, 3.8) is 0 Å². The minimum atomic E-state index is -0.473. The number of aromatic amines is 1. The third-order valence-corrected chi connectivity index (χ3v) is 5.23. The Morgan fingerprint density at radius 1 is 1.16 bits per heavy atom. The van der Waals surface area contributed by atoms with Crippen LogP contribution in [0.25, 0.3) is 10.9 Å². The number of rotatable bonds is 6. The summed E-state index contributed by atoms with van der Waals surface area (Å²) in [4.78, 5) is 27.2. The first-order valence-electron chi connectivity index (χ1n) is 10.3. The van der Waals surface area contributed by atoms with Crippen LogP contribution < -0.4 is 10.1 Å². The standard InChI is InChI=1S/C24H23FN4O3/c1-4-22(30)32-23-14(2)28-29(15(23)3)13-17-9-10-18(12-19(17)25)26-24(31)21-11-16-7-5-6-8-20(16)27-21/h5-12,27H,4,13H2,1-3H3,(H,26,31). The van der Waals surface area contributed by atoms with Gasteiger partial charge in [0.25, 0.3) is 5.91 Å². The summed E-state index contributed by atoms with van der Waals surface area (Å²) in [5, 5.41) is 8.00. The van der Waals surface area contributed by atoms with E-state index in [1.807, 2.05) is 24.3 Å². The van der Waals surface area contributed by atoms with Crippen molar-refractivity contribution in [3.05, 3.63) is 77.0 Å². The first-order valence-corrected chi connectivity index (χ1v) is 10.3. The maximum Gasteiger partial charge on any atom is 0.311 e. The molecule has 4 aromatic rings. The van der Waals surface area contributed by atoms with Crippen molar-refractivity contribution in [2.45, 2.75) is 33.7 Å². The summed E-state index contributed by atoms with van der Waals surface area (Å²) in [6.07, 6.45) is 0.254. The fraction of sp³-hybridized carbons (Fsp3) is 0.208. The van der Waals surface area contributed by atoms with E-state index >= 15 is 0 Å². The topological polar surface area (TPSA) is 89.0 Å². The maximum atomic E-state index is 14.8. The summed E-state index contributed by atoms with van der Waals surface area (Å²) >= 11 is 0. The van der Waals surface area contributed by atoms with Gasteiger partial charge in [0, 0.05) is 28.6 Å². The number of ether oxygens (including phenoxy) is 1. The molecule has 2 N–H and O–H groups in total. The van der Waals surface area contributed by atoms with E-state index in [-0.39, 0.29) is 24.8 Å². The molecule has 0 radical (unpaired) electrons. The van der Waals surface area contributed by atoms with Crippen molar-refractivity contribution in [1.29, 1.82) is 0 Å². The predicted octanol–water partition coefficient (Wildman–Crippen LogP) is 4.74. The van der Waals surface area contributed by atoms with Crippen LogP contribution in [0, 0.1) is 19.7 Å². The highest BCUT2D eigenvalue weighted by Crippen LogP contribution is 2.25. The highest BCUT2D eigenvalue weighted by molar-refractivity contribution is 6.05. The lowest BCUT2D eigenvalue weighted by Gasteiger charge is -2.09. The number of anilines is 1. The Balaban J connectivity index is 1.49. The molecule has 2 heterocycles. The Morgan fingerprint density at radius 2 is 1.94 bits per heavy atom. The number of para-hydroxylation sites is 1. The molecule has 32 heavy (non-hydrogen) atoms. The van der Waals surface area contributed by atoms with Gasteiger partial charge in [-0.2, -0.15) is 5.10 Å². The summed E-state index contributed by atoms with van der Waals surface area (Å²) < 4.78 is 21.7. The summed E-state index contributed by atoms with van der Waals surface area (Å²) in [6, 6.07) is 13.8. The van der Waals surface area contributed by atoms with E-state index in [0.29, 0.717) is 34.1 Å². The zero-order valence-electron chi connectivity index (χ0n) is 18.0. The SMILES string of the molecule is CCC(=O)Oc1c(C)nn(Cc2ccc(NC(=O)c3cc4ccccc4[nH]3)cc2F)c1C. The highest BCUT2D eigenvalue weighted by atomic mass is 19.1. The number of hydrogen-bond donors (Lipinski definition) is 2. The molecular formula is C24H23FN4O3. The lowest BCUT2D eigenvalue weighted by molar-refractivity contribution is -0.134. The van der Waals surface area contributed by atoms with Gasteiger partial charge in [-0.3, -0.25) is 14.3 Å². The lowest BCUT2D eigenvalue weighted by atomic mass is 10.2. The monoisotopic (exact) mass is 434 g/mol. The van der Waals surface area contributed by atoms with E-state index in [1.165, 1.54) is 6.07 Å². The zero-order valence-corrected chi connectivity index (χ0v) is 18.0. The second-order valence-corrected chi connectivity index (χ2v) is 7.52. The van der Waals surface area contributed by atoms with E-state index in [9.17, 15) is 14.0 Å². The van der Waals surface area contributed by atoms with Gasteiger partial charge in [-0.25, -0.2) is 4.39 Å². The number of nitrogens with one attached hydrogen (secondary N) is 2. The van der Waals surface area contributed by atoms with Crippen LogP contribution in [-0.4, -0.2) is 26.6 Å². The molecule has 0 bridgehead atoms. The fourth-order valence-corrected chi connectivity index (χ4v) is 3.48. The number of fused-ring (bicyclic) bond motifs is 1. The summed E-state index contributed by atoms with van der Waals surface area (Å²) in [7, 11) is 0. The van der Waals surface area contributed by atoms with Crippen molar-refractivity contribution < 1.29 is 18.7 Å². The molecule has 0 saturated carbocycles. The van der Waals surface area contributed by atoms with Gasteiger partial charge in [0.05, 0.1) is 12.2 Å². The van der Waals surface area contributed by atoms with Crippen molar-refractivity contribution in [2.24, 2.45) is 0 Å². The Morgan fingerprint density at radius 3 is 2.66 bits per heavy atom. The predicted molar refractivity (Wildman–Crippen MR) is 119 cm³/mol.